The van der Waals surface area contributed by atoms with Gasteiger partial charge >= 0.3 is 0 Å². The molecule has 72 valence electrons. The van der Waals surface area contributed by atoms with Crippen molar-refractivity contribution in [3.8, 4) is 0 Å². The first-order valence-corrected chi connectivity index (χ1v) is 5.28. The van der Waals surface area contributed by atoms with Gasteiger partial charge in [-0.3, -0.25) is 4.79 Å². The van der Waals surface area contributed by atoms with Crippen LogP contribution < -0.4 is 0 Å². The minimum Gasteiger partial charge on any atom is -0.392 e. The van der Waals surface area contributed by atoms with Gasteiger partial charge in [-0.1, -0.05) is 23.7 Å². The van der Waals surface area contributed by atoms with Crippen LogP contribution in [0.2, 0.25) is 5.02 Å². The summed E-state index contributed by atoms with van der Waals surface area (Å²) in [5.74, 6) is 0. The standard InChI is InChI=1S/C10H7ClO2S/c11-9-5-14-10-7(9)2-1-6(3-12)8(10)4-13/h1-3,5,13H,4H2. The fourth-order valence-electron chi connectivity index (χ4n) is 1.41. The van der Waals surface area contributed by atoms with Crippen LogP contribution in [0.15, 0.2) is 17.5 Å². The maximum atomic E-state index is 10.7. The third-order valence-electron chi connectivity index (χ3n) is 2.12. The van der Waals surface area contributed by atoms with Crippen LogP contribution in [0.5, 0.6) is 0 Å². The second kappa shape index (κ2) is 3.69. The number of aliphatic hydroxyl groups excluding tert-OH is 1. The molecule has 1 heterocycles. The SMILES string of the molecule is O=Cc1ccc2c(Cl)csc2c1CO. The van der Waals surface area contributed by atoms with Crippen LogP contribution in [0, 0.1) is 0 Å². The van der Waals surface area contributed by atoms with E-state index in [1.165, 1.54) is 11.3 Å². The van der Waals surface area contributed by atoms with Crippen LogP contribution in [-0.2, 0) is 6.61 Å². The summed E-state index contributed by atoms with van der Waals surface area (Å²) >= 11 is 7.38. The molecule has 0 saturated heterocycles. The molecule has 0 saturated carbocycles. The number of thiophene rings is 1. The average molecular weight is 227 g/mol. The zero-order chi connectivity index (χ0) is 10.1. The number of benzene rings is 1. The Morgan fingerprint density at radius 2 is 2.29 bits per heavy atom. The van der Waals surface area contributed by atoms with E-state index in [1.54, 1.807) is 17.5 Å². The molecule has 2 nitrogen and oxygen atoms in total. The van der Waals surface area contributed by atoms with Gasteiger partial charge in [0, 0.05) is 26.6 Å². The van der Waals surface area contributed by atoms with Crippen molar-refractivity contribution in [3.63, 3.8) is 0 Å². The molecule has 1 aromatic heterocycles. The Balaban J connectivity index is 2.84. The van der Waals surface area contributed by atoms with Crippen molar-refractivity contribution < 1.29 is 9.90 Å². The Hall–Kier alpha value is -0.900. The molecule has 0 amide bonds. The molecule has 2 aromatic rings. The van der Waals surface area contributed by atoms with Crippen molar-refractivity contribution in [3.05, 3.63) is 33.7 Å². The minimum atomic E-state index is -0.137. The number of carbonyl (C=O) groups is 1. The van der Waals surface area contributed by atoms with E-state index in [-0.39, 0.29) is 6.61 Å². The van der Waals surface area contributed by atoms with Gasteiger partial charge in [0.2, 0.25) is 0 Å². The summed E-state index contributed by atoms with van der Waals surface area (Å²) in [6.45, 7) is -0.137. The second-order valence-electron chi connectivity index (χ2n) is 2.87. The largest absolute Gasteiger partial charge is 0.392 e. The quantitative estimate of drug-likeness (QED) is 0.800. The van der Waals surface area contributed by atoms with Crippen molar-refractivity contribution in [2.45, 2.75) is 6.61 Å². The van der Waals surface area contributed by atoms with Gasteiger partial charge in [-0.2, -0.15) is 0 Å². The van der Waals surface area contributed by atoms with Crippen molar-refractivity contribution in [1.29, 1.82) is 0 Å². The molecule has 0 aliphatic carbocycles. The van der Waals surface area contributed by atoms with E-state index in [9.17, 15) is 4.79 Å². The number of aldehydes is 1. The molecule has 4 heteroatoms. The molecule has 0 bridgehead atoms. The number of rotatable bonds is 2. The summed E-state index contributed by atoms with van der Waals surface area (Å²) in [4.78, 5) is 10.7. The highest BCUT2D eigenvalue weighted by atomic mass is 35.5. The molecule has 0 spiro atoms. The van der Waals surface area contributed by atoms with Crippen LogP contribution in [-0.4, -0.2) is 11.4 Å². The first-order valence-electron chi connectivity index (χ1n) is 4.02. The maximum Gasteiger partial charge on any atom is 0.150 e. The first-order chi connectivity index (χ1) is 6.77. The molecule has 0 unspecified atom stereocenters. The third kappa shape index (κ3) is 1.34. The summed E-state index contributed by atoms with van der Waals surface area (Å²) in [5.41, 5.74) is 1.19. The number of aliphatic hydroxyl groups is 1. The van der Waals surface area contributed by atoms with Gasteiger partial charge in [0.05, 0.1) is 11.6 Å². The Bertz CT molecular complexity index is 490. The highest BCUT2D eigenvalue weighted by Crippen LogP contribution is 2.33. The molecule has 0 fully saturated rings. The van der Waals surface area contributed by atoms with E-state index in [2.05, 4.69) is 0 Å². The highest BCUT2D eigenvalue weighted by Gasteiger charge is 2.09. The van der Waals surface area contributed by atoms with Crippen LogP contribution in [0.3, 0.4) is 0 Å². The molecule has 0 aliphatic heterocycles. The molecule has 0 aliphatic rings. The second-order valence-corrected chi connectivity index (χ2v) is 4.16. The smallest absolute Gasteiger partial charge is 0.150 e. The maximum absolute atomic E-state index is 10.7. The predicted octanol–water partition coefficient (Wildman–Crippen LogP) is 2.86. The Morgan fingerprint density at radius 3 is 2.93 bits per heavy atom. The molecule has 0 radical (unpaired) electrons. The monoisotopic (exact) mass is 226 g/mol. The number of carbonyl (C=O) groups excluding carboxylic acids is 1. The van der Waals surface area contributed by atoms with Crippen LogP contribution >= 0.6 is 22.9 Å². The fraction of sp³-hybridized carbons (Fsp3) is 0.100. The van der Waals surface area contributed by atoms with Crippen LogP contribution in [0.25, 0.3) is 10.1 Å². The lowest BCUT2D eigenvalue weighted by atomic mass is 10.1. The third-order valence-corrected chi connectivity index (χ3v) is 3.62. The van der Waals surface area contributed by atoms with Gasteiger partial charge in [-0.15, -0.1) is 11.3 Å². The molecular weight excluding hydrogens is 220 g/mol. The summed E-state index contributed by atoms with van der Waals surface area (Å²) < 4.78 is 0.891. The molecule has 1 aromatic carbocycles. The van der Waals surface area contributed by atoms with Gasteiger partial charge in [0.15, 0.2) is 0 Å². The van der Waals surface area contributed by atoms with Crippen LogP contribution in [0.1, 0.15) is 15.9 Å². The summed E-state index contributed by atoms with van der Waals surface area (Å²) in [6, 6.07) is 3.48. The van der Waals surface area contributed by atoms with Crippen LogP contribution in [0.4, 0.5) is 0 Å². The number of hydrogen-bond donors (Lipinski definition) is 1. The number of halogens is 1. The van der Waals surface area contributed by atoms with E-state index in [1.807, 2.05) is 0 Å². The van der Waals surface area contributed by atoms with Crippen molar-refractivity contribution in [2.75, 3.05) is 0 Å². The average Bonchev–Trinajstić information content (AvgIpc) is 2.59. The van der Waals surface area contributed by atoms with E-state index >= 15 is 0 Å². The lowest BCUT2D eigenvalue weighted by Crippen LogP contribution is -1.91. The van der Waals surface area contributed by atoms with Gasteiger partial charge in [0.1, 0.15) is 6.29 Å². The van der Waals surface area contributed by atoms with Gasteiger partial charge in [-0.25, -0.2) is 0 Å². The number of fused-ring (bicyclic) bond motifs is 1. The number of hydrogen-bond acceptors (Lipinski definition) is 3. The van der Waals surface area contributed by atoms with Crippen molar-refractivity contribution in [1.82, 2.24) is 0 Å². The zero-order valence-electron chi connectivity index (χ0n) is 7.16. The Kier molecular flexibility index (Phi) is 2.54. The molecular formula is C10H7ClO2S. The Labute approximate surface area is 89.7 Å². The van der Waals surface area contributed by atoms with E-state index in [4.69, 9.17) is 16.7 Å². The first kappa shape index (κ1) is 9.65. The topological polar surface area (TPSA) is 37.3 Å². The zero-order valence-corrected chi connectivity index (χ0v) is 8.73. The predicted molar refractivity (Wildman–Crippen MR) is 58.1 cm³/mol. The highest BCUT2D eigenvalue weighted by molar-refractivity contribution is 7.18. The van der Waals surface area contributed by atoms with Crippen molar-refractivity contribution in [2.24, 2.45) is 0 Å². The fourth-order valence-corrected chi connectivity index (χ4v) is 2.74. The summed E-state index contributed by atoms with van der Waals surface area (Å²) in [5, 5.41) is 12.5. The molecule has 1 N–H and O–H groups in total. The minimum absolute atomic E-state index is 0.137. The van der Waals surface area contributed by atoms with E-state index in [0.717, 1.165) is 16.4 Å². The van der Waals surface area contributed by atoms with Crippen molar-refractivity contribution >= 4 is 39.3 Å². The molecule has 0 atom stereocenters. The molecule has 14 heavy (non-hydrogen) atoms. The molecule has 2 rings (SSSR count). The Morgan fingerprint density at radius 1 is 1.50 bits per heavy atom. The summed E-state index contributed by atoms with van der Waals surface area (Å²) in [6.07, 6.45) is 0.749. The van der Waals surface area contributed by atoms with Gasteiger partial charge < -0.3 is 5.11 Å². The lowest BCUT2D eigenvalue weighted by Gasteiger charge is -2.02. The van der Waals surface area contributed by atoms with Gasteiger partial charge in [0.25, 0.3) is 0 Å². The lowest BCUT2D eigenvalue weighted by molar-refractivity contribution is 0.112. The van der Waals surface area contributed by atoms with E-state index in [0.29, 0.717) is 16.1 Å². The normalized spacial score (nSPS) is 10.7. The van der Waals surface area contributed by atoms with Gasteiger partial charge in [-0.05, 0) is 0 Å². The summed E-state index contributed by atoms with van der Waals surface area (Å²) in [7, 11) is 0. The van der Waals surface area contributed by atoms with E-state index < -0.39 is 0 Å².